The van der Waals surface area contributed by atoms with Crippen LogP contribution in [0, 0.1) is 0 Å². The number of hydrogen-bond donors (Lipinski definition) is 1. The van der Waals surface area contributed by atoms with E-state index >= 15 is 0 Å². The second-order valence-electron chi connectivity index (χ2n) is 3.80. The third kappa shape index (κ3) is 4.13. The summed E-state index contributed by atoms with van der Waals surface area (Å²) >= 11 is 0. The van der Waals surface area contributed by atoms with E-state index in [4.69, 9.17) is 0 Å². The van der Waals surface area contributed by atoms with E-state index in [1.807, 2.05) is 6.92 Å². The largest absolute Gasteiger partial charge is 0.373 e. The summed E-state index contributed by atoms with van der Waals surface area (Å²) in [5.41, 5.74) is 0. The molecule has 1 heterocycles. The lowest BCUT2D eigenvalue weighted by Gasteiger charge is -2.18. The highest BCUT2D eigenvalue weighted by Crippen LogP contribution is 2.16. The van der Waals surface area contributed by atoms with Crippen molar-refractivity contribution < 1.29 is 8.78 Å². The van der Waals surface area contributed by atoms with Gasteiger partial charge < -0.3 is 10.2 Å². The topological polar surface area (TPSA) is 41.1 Å². The first kappa shape index (κ1) is 13.6. The molecule has 0 atom stereocenters. The molecule has 0 unspecified atom stereocenters. The lowest BCUT2D eigenvalue weighted by molar-refractivity contribution is 0.156. The molecule has 0 fully saturated rings. The van der Waals surface area contributed by atoms with Gasteiger partial charge in [0.1, 0.15) is 17.5 Å². The average Bonchev–Trinajstić information content (AvgIpc) is 2.28. The van der Waals surface area contributed by atoms with Crippen LogP contribution in [0.25, 0.3) is 0 Å². The molecule has 0 radical (unpaired) electrons. The first-order valence-corrected chi connectivity index (χ1v) is 5.61. The monoisotopic (exact) mass is 244 g/mol. The van der Waals surface area contributed by atoms with Crippen LogP contribution in [0.4, 0.5) is 20.4 Å². The lowest BCUT2D eigenvalue weighted by Crippen LogP contribution is -2.25. The zero-order chi connectivity index (χ0) is 12.8. The molecule has 1 rings (SSSR count). The molecular weight excluding hydrogens is 226 g/mol. The quantitative estimate of drug-likeness (QED) is 0.832. The number of nitrogens with zero attached hydrogens (tertiary/aromatic N) is 3. The van der Waals surface area contributed by atoms with E-state index < -0.39 is 6.43 Å². The minimum atomic E-state index is -2.37. The first-order valence-electron chi connectivity index (χ1n) is 5.61. The van der Waals surface area contributed by atoms with Gasteiger partial charge in [0.25, 0.3) is 6.43 Å². The van der Waals surface area contributed by atoms with Gasteiger partial charge in [0, 0.05) is 26.6 Å². The molecule has 1 aromatic heterocycles. The van der Waals surface area contributed by atoms with Gasteiger partial charge >= 0.3 is 0 Å². The van der Waals surface area contributed by atoms with Crippen molar-refractivity contribution in [3.63, 3.8) is 0 Å². The summed E-state index contributed by atoms with van der Waals surface area (Å²) in [6.45, 7) is 1.70. The molecule has 0 spiro atoms. The molecule has 4 nitrogen and oxygen atoms in total. The molecule has 1 aromatic rings. The Hall–Kier alpha value is -1.46. The smallest absolute Gasteiger partial charge is 0.255 e. The van der Waals surface area contributed by atoms with Gasteiger partial charge in [0.2, 0.25) is 0 Å². The van der Waals surface area contributed by atoms with Gasteiger partial charge in [-0.05, 0) is 6.42 Å². The summed E-state index contributed by atoms with van der Waals surface area (Å²) in [7, 11) is 3.35. The SMILES string of the molecule is CCCc1nc(NC)cc(N(C)CC(F)F)n1. The number of halogens is 2. The van der Waals surface area contributed by atoms with Gasteiger partial charge in [-0.1, -0.05) is 6.92 Å². The fraction of sp³-hybridized carbons (Fsp3) is 0.636. The van der Waals surface area contributed by atoms with E-state index in [-0.39, 0.29) is 6.54 Å². The standard InChI is InChI=1S/C11H18F2N4/c1-4-5-9-15-10(14-2)6-11(16-9)17(3)7-8(12)13/h6,8H,4-5,7H2,1-3H3,(H,14,15,16). The number of anilines is 2. The molecule has 6 heteroatoms. The molecule has 1 N–H and O–H groups in total. The highest BCUT2D eigenvalue weighted by molar-refractivity contribution is 5.48. The first-order chi connectivity index (χ1) is 8.06. The number of rotatable bonds is 6. The maximum absolute atomic E-state index is 12.3. The second-order valence-corrected chi connectivity index (χ2v) is 3.80. The fourth-order valence-electron chi connectivity index (χ4n) is 1.44. The molecule has 0 aliphatic carbocycles. The molecule has 17 heavy (non-hydrogen) atoms. The van der Waals surface area contributed by atoms with Gasteiger partial charge in [-0.3, -0.25) is 0 Å². The molecule has 0 amide bonds. The van der Waals surface area contributed by atoms with Crippen LogP contribution in [0.2, 0.25) is 0 Å². The van der Waals surface area contributed by atoms with E-state index in [0.29, 0.717) is 17.5 Å². The summed E-state index contributed by atoms with van der Waals surface area (Å²) in [5, 5.41) is 2.91. The Morgan fingerprint density at radius 3 is 2.65 bits per heavy atom. The van der Waals surface area contributed by atoms with E-state index in [0.717, 1.165) is 12.8 Å². The van der Waals surface area contributed by atoms with Crippen LogP contribution in [0.1, 0.15) is 19.2 Å². The summed E-state index contributed by atoms with van der Waals surface area (Å²) in [5.74, 6) is 1.85. The van der Waals surface area contributed by atoms with Crippen LogP contribution < -0.4 is 10.2 Å². The second kappa shape index (κ2) is 6.32. The van der Waals surface area contributed by atoms with Crippen LogP contribution in [0.3, 0.4) is 0 Å². The molecule has 0 saturated carbocycles. The van der Waals surface area contributed by atoms with Crippen molar-refractivity contribution >= 4 is 11.6 Å². The minimum Gasteiger partial charge on any atom is -0.373 e. The van der Waals surface area contributed by atoms with Crippen molar-refractivity contribution in [3.8, 4) is 0 Å². The number of aromatic nitrogens is 2. The van der Waals surface area contributed by atoms with Gasteiger partial charge in [0.05, 0.1) is 6.54 Å². The van der Waals surface area contributed by atoms with Crippen LogP contribution in [0.5, 0.6) is 0 Å². The third-order valence-corrected chi connectivity index (χ3v) is 2.29. The maximum atomic E-state index is 12.3. The van der Waals surface area contributed by atoms with Crippen molar-refractivity contribution in [2.75, 3.05) is 30.9 Å². The number of nitrogens with one attached hydrogen (secondary N) is 1. The summed E-state index contributed by atoms with van der Waals surface area (Å²) < 4.78 is 24.6. The fourth-order valence-corrected chi connectivity index (χ4v) is 1.44. The van der Waals surface area contributed by atoms with E-state index in [2.05, 4.69) is 15.3 Å². The van der Waals surface area contributed by atoms with Gasteiger partial charge in [-0.2, -0.15) is 0 Å². The zero-order valence-electron chi connectivity index (χ0n) is 10.4. The Kier molecular flexibility index (Phi) is 5.06. The van der Waals surface area contributed by atoms with Crippen molar-refractivity contribution in [3.05, 3.63) is 11.9 Å². The molecule has 0 aliphatic rings. The Balaban J connectivity index is 2.93. The van der Waals surface area contributed by atoms with Crippen LogP contribution in [-0.2, 0) is 6.42 Å². The predicted octanol–water partition coefficient (Wildman–Crippen LogP) is 2.17. The van der Waals surface area contributed by atoms with Crippen molar-refractivity contribution in [1.29, 1.82) is 0 Å². The summed E-state index contributed by atoms with van der Waals surface area (Å²) in [4.78, 5) is 9.97. The van der Waals surface area contributed by atoms with Crippen molar-refractivity contribution in [2.24, 2.45) is 0 Å². The van der Waals surface area contributed by atoms with Crippen molar-refractivity contribution in [2.45, 2.75) is 26.2 Å². The number of aryl methyl sites for hydroxylation is 1. The number of hydrogen-bond acceptors (Lipinski definition) is 4. The van der Waals surface area contributed by atoms with E-state index in [1.54, 1.807) is 20.2 Å². The van der Waals surface area contributed by atoms with Crippen LogP contribution in [-0.4, -0.2) is 37.0 Å². The zero-order valence-corrected chi connectivity index (χ0v) is 10.4. The number of alkyl halides is 2. The molecule has 0 aliphatic heterocycles. The highest BCUT2D eigenvalue weighted by atomic mass is 19.3. The summed E-state index contributed by atoms with van der Waals surface area (Å²) in [6.07, 6.45) is -0.710. The normalized spacial score (nSPS) is 10.7. The molecular formula is C11H18F2N4. The Labute approximate surface area is 100 Å². The minimum absolute atomic E-state index is 0.328. The van der Waals surface area contributed by atoms with Crippen molar-refractivity contribution in [1.82, 2.24) is 9.97 Å². The maximum Gasteiger partial charge on any atom is 0.255 e. The average molecular weight is 244 g/mol. The summed E-state index contributed by atoms with van der Waals surface area (Å²) in [6, 6.07) is 1.67. The van der Waals surface area contributed by atoms with Crippen LogP contribution >= 0.6 is 0 Å². The Bertz CT molecular complexity index is 357. The Morgan fingerprint density at radius 2 is 2.12 bits per heavy atom. The van der Waals surface area contributed by atoms with Gasteiger partial charge in [0.15, 0.2) is 0 Å². The van der Waals surface area contributed by atoms with E-state index in [9.17, 15) is 8.78 Å². The van der Waals surface area contributed by atoms with Crippen LogP contribution in [0.15, 0.2) is 6.07 Å². The molecule has 0 aromatic carbocycles. The molecule has 96 valence electrons. The van der Waals surface area contributed by atoms with Gasteiger partial charge in [-0.15, -0.1) is 0 Å². The van der Waals surface area contributed by atoms with Gasteiger partial charge in [-0.25, -0.2) is 18.7 Å². The predicted molar refractivity (Wildman–Crippen MR) is 64.8 cm³/mol. The lowest BCUT2D eigenvalue weighted by atomic mass is 10.3. The Morgan fingerprint density at radius 1 is 1.41 bits per heavy atom. The van der Waals surface area contributed by atoms with E-state index in [1.165, 1.54) is 4.90 Å². The third-order valence-electron chi connectivity index (χ3n) is 2.29. The molecule has 0 bridgehead atoms. The molecule has 0 saturated heterocycles. The highest BCUT2D eigenvalue weighted by Gasteiger charge is 2.12.